The lowest BCUT2D eigenvalue weighted by Crippen LogP contribution is -2.60. The van der Waals surface area contributed by atoms with Crippen molar-refractivity contribution in [3.63, 3.8) is 0 Å². The van der Waals surface area contributed by atoms with Crippen molar-refractivity contribution < 1.29 is 68.1 Å². The lowest BCUT2D eigenvalue weighted by molar-refractivity contribution is -0.147. The van der Waals surface area contributed by atoms with Gasteiger partial charge in [-0.2, -0.15) is 25.3 Å². The molecule has 368 valence electrons. The van der Waals surface area contributed by atoms with Crippen molar-refractivity contribution in [2.75, 3.05) is 24.6 Å². The second-order valence-electron chi connectivity index (χ2n) is 14.7. The van der Waals surface area contributed by atoms with E-state index >= 15 is 0 Å². The molecular weight excluding hydrogens is 927 g/mol. The summed E-state index contributed by atoms with van der Waals surface area (Å²) >= 11 is 8.21. The molecule has 1 aromatic heterocycles. The van der Waals surface area contributed by atoms with E-state index in [1.165, 1.54) is 0 Å². The molecule has 27 nitrogen and oxygen atoms in total. The Morgan fingerprint density at radius 3 is 1.78 bits per heavy atom. The van der Waals surface area contributed by atoms with Gasteiger partial charge in [0, 0.05) is 48.0 Å². The third kappa shape index (κ3) is 19.9. The molecule has 1 heterocycles. The second kappa shape index (κ2) is 28.0. The zero-order valence-electron chi connectivity index (χ0n) is 35.7. The fraction of sp³-hybridized carbons (Fsp3) is 0.474. The Kier molecular flexibility index (Phi) is 23.4. The Balaban J connectivity index is 2.21. The Morgan fingerprint density at radius 2 is 1.19 bits per heavy atom. The first-order valence-electron chi connectivity index (χ1n) is 20.2. The highest BCUT2D eigenvalue weighted by molar-refractivity contribution is 7.80. The number of nitrogens with one attached hydrogen (secondary N) is 8. The number of aromatic amines is 1. The van der Waals surface area contributed by atoms with Crippen molar-refractivity contribution in [2.45, 2.75) is 87.2 Å². The maximum atomic E-state index is 13.6. The van der Waals surface area contributed by atoms with Gasteiger partial charge in [-0.1, -0.05) is 18.2 Å². The van der Waals surface area contributed by atoms with E-state index in [0.717, 1.165) is 10.9 Å². The summed E-state index contributed by atoms with van der Waals surface area (Å²) in [6.07, 6.45) is -1.12. The van der Waals surface area contributed by atoms with Crippen molar-refractivity contribution in [1.82, 2.24) is 42.2 Å². The zero-order chi connectivity index (χ0) is 50.4. The van der Waals surface area contributed by atoms with Crippen LogP contribution >= 0.6 is 25.3 Å². The predicted octanol–water partition coefficient (Wildman–Crippen LogP) is -5.72. The van der Waals surface area contributed by atoms with Crippen molar-refractivity contribution in [1.29, 1.82) is 0 Å². The molecule has 2 aromatic rings. The standard InChI is InChI=1S/C38H55N13O14S2/c39-19(7-8-29(54)55)31(58)48-22(10-17-13-44-20-5-2-1-4-18(17)20)32(59)45-14-28(53)46-25(15-66)35(62)47-21(6-3-9-43-38(41)42)33(60)51-26(16-67)36(63)49-23(11-27(40)52)34(61)50-24(37(64)65)12-30(56)57/h1-2,4-5,13,19,21-26,44,66-67H,3,6-12,14-16,39H2,(H2,40,52)(H,45,59)(H,46,53)(H,47,62)(H,48,58)(H,49,63)(H,50,61)(H,51,60)(H,54,55)(H,56,57)(H,64,65)(H4,41,42,43)/t19-,21-,22-,23-,24-,25-,26-/m0/s1. The molecule has 0 unspecified atom stereocenters. The maximum Gasteiger partial charge on any atom is 0.326 e. The number of nitrogens with zero attached hydrogens (tertiary/aromatic N) is 1. The first-order valence-corrected chi connectivity index (χ1v) is 21.4. The molecule has 19 N–H and O–H groups in total. The molecule has 1 aromatic carbocycles. The van der Waals surface area contributed by atoms with Crippen LogP contribution < -0.4 is 60.2 Å². The Bertz CT molecular complexity index is 2170. The summed E-state index contributed by atoms with van der Waals surface area (Å²) in [5.41, 5.74) is 23.2. The normalized spacial score (nSPS) is 14.0. The van der Waals surface area contributed by atoms with E-state index in [0.29, 0.717) is 5.56 Å². The number of carbonyl (C=O) groups excluding carboxylic acids is 8. The maximum absolute atomic E-state index is 13.6. The summed E-state index contributed by atoms with van der Waals surface area (Å²) in [4.78, 5) is 145. The van der Waals surface area contributed by atoms with Crippen molar-refractivity contribution in [3.8, 4) is 0 Å². The quantitative estimate of drug-likeness (QED) is 0.0150. The van der Waals surface area contributed by atoms with Gasteiger partial charge < -0.3 is 80.5 Å². The fourth-order valence-electron chi connectivity index (χ4n) is 5.99. The number of para-hydroxylation sites is 1. The van der Waals surface area contributed by atoms with Crippen LogP contribution in [0.4, 0.5) is 0 Å². The zero-order valence-corrected chi connectivity index (χ0v) is 37.5. The second-order valence-corrected chi connectivity index (χ2v) is 15.4. The molecule has 67 heavy (non-hydrogen) atoms. The van der Waals surface area contributed by atoms with Gasteiger partial charge in [-0.05, 0) is 30.9 Å². The fourth-order valence-corrected chi connectivity index (χ4v) is 6.50. The number of nitrogens with two attached hydrogens (primary N) is 4. The van der Waals surface area contributed by atoms with Crippen LogP contribution in [0, 0.1) is 0 Å². The smallest absolute Gasteiger partial charge is 0.326 e. The molecule has 2 rings (SSSR count). The molecule has 0 saturated carbocycles. The van der Waals surface area contributed by atoms with E-state index < -0.39 is 139 Å². The predicted molar refractivity (Wildman–Crippen MR) is 243 cm³/mol. The number of H-pyrrole nitrogens is 1. The number of carbonyl (C=O) groups is 11. The summed E-state index contributed by atoms with van der Waals surface area (Å²) in [6.45, 7) is -0.752. The van der Waals surface area contributed by atoms with Crippen molar-refractivity contribution >= 4 is 107 Å². The van der Waals surface area contributed by atoms with E-state index in [1.807, 2.05) is 5.32 Å². The van der Waals surface area contributed by atoms with Crippen molar-refractivity contribution in [3.05, 3.63) is 36.0 Å². The minimum Gasteiger partial charge on any atom is -0.481 e. The third-order valence-electron chi connectivity index (χ3n) is 9.42. The number of aliphatic carboxylic acids is 3. The van der Waals surface area contributed by atoms with E-state index in [4.69, 9.17) is 33.1 Å². The number of benzene rings is 1. The highest BCUT2D eigenvalue weighted by Crippen LogP contribution is 2.19. The number of carboxylic acids is 3. The monoisotopic (exact) mass is 981 g/mol. The first kappa shape index (κ1) is 56.0. The van der Waals surface area contributed by atoms with Gasteiger partial charge >= 0.3 is 17.9 Å². The van der Waals surface area contributed by atoms with Crippen LogP contribution in [-0.2, 0) is 59.2 Å². The van der Waals surface area contributed by atoms with Gasteiger partial charge in [0.05, 0.1) is 25.4 Å². The van der Waals surface area contributed by atoms with Crippen LogP contribution in [0.5, 0.6) is 0 Å². The first-order chi connectivity index (χ1) is 31.6. The molecule has 29 heteroatoms. The average molecular weight is 982 g/mol. The molecule has 8 amide bonds. The molecule has 0 radical (unpaired) electrons. The van der Waals surface area contributed by atoms with Gasteiger partial charge in [-0.15, -0.1) is 0 Å². The highest BCUT2D eigenvalue weighted by atomic mass is 32.1. The highest BCUT2D eigenvalue weighted by Gasteiger charge is 2.33. The van der Waals surface area contributed by atoms with Crippen LogP contribution in [0.15, 0.2) is 35.5 Å². The van der Waals surface area contributed by atoms with Gasteiger partial charge in [0.15, 0.2) is 5.96 Å². The summed E-state index contributed by atoms with van der Waals surface area (Å²) in [7, 11) is 0. The molecule has 0 bridgehead atoms. The van der Waals surface area contributed by atoms with E-state index in [9.17, 15) is 57.8 Å². The van der Waals surface area contributed by atoms with E-state index in [1.54, 1.807) is 30.5 Å². The lowest BCUT2D eigenvalue weighted by atomic mass is 10.0. The summed E-state index contributed by atoms with van der Waals surface area (Å²) in [6, 6.07) is -3.75. The van der Waals surface area contributed by atoms with Gasteiger partial charge in [0.1, 0.15) is 36.3 Å². The molecule has 7 atom stereocenters. The van der Waals surface area contributed by atoms with Crippen LogP contribution in [-0.4, -0.2) is 158 Å². The minimum absolute atomic E-state index is 0.0238. The lowest BCUT2D eigenvalue weighted by Gasteiger charge is -2.26. The summed E-state index contributed by atoms with van der Waals surface area (Å²) in [5, 5.41) is 44.1. The number of fused-ring (bicyclic) bond motifs is 1. The number of aromatic nitrogens is 1. The molecule has 0 aliphatic heterocycles. The minimum atomic E-state index is -1.96. The topological polar surface area (TPSA) is 465 Å². The van der Waals surface area contributed by atoms with Gasteiger partial charge in [-0.25, -0.2) is 4.79 Å². The number of aliphatic imine (C=N–C) groups is 1. The SMILES string of the molecule is NC(=O)C[C@H](NC(=O)[C@H](CS)NC(=O)[C@H](CCCN=C(N)N)NC(=O)[C@H](CS)NC(=O)CNC(=O)[C@H](Cc1c[nH]c2ccccc12)NC(=O)[C@@H](N)CCC(=O)O)C(=O)N[C@@H](CC(=O)O)C(=O)O. The number of primary amides is 1. The van der Waals surface area contributed by atoms with Crippen LogP contribution in [0.1, 0.15) is 44.1 Å². The van der Waals surface area contributed by atoms with Gasteiger partial charge in [0.2, 0.25) is 47.3 Å². The Hall–Kier alpha value is -7.14. The molecule has 0 aliphatic carbocycles. The van der Waals surface area contributed by atoms with Crippen LogP contribution in [0.2, 0.25) is 0 Å². The Morgan fingerprint density at radius 1 is 0.642 bits per heavy atom. The summed E-state index contributed by atoms with van der Waals surface area (Å²) in [5.74, 6) is -13.7. The third-order valence-corrected chi connectivity index (χ3v) is 10.2. The summed E-state index contributed by atoms with van der Waals surface area (Å²) < 4.78 is 0. The van der Waals surface area contributed by atoms with Gasteiger partial charge in [0.25, 0.3) is 0 Å². The molecular formula is C38H55N13O14S2. The number of hydrogen-bond donors (Lipinski definition) is 17. The van der Waals surface area contributed by atoms with Gasteiger partial charge in [-0.3, -0.25) is 52.9 Å². The number of rotatable bonds is 30. The molecule has 0 saturated heterocycles. The van der Waals surface area contributed by atoms with E-state index in [2.05, 4.69) is 67.1 Å². The van der Waals surface area contributed by atoms with Crippen LogP contribution in [0.25, 0.3) is 10.9 Å². The number of guanidine groups is 1. The number of amides is 8. The number of hydrogen-bond acceptors (Lipinski definition) is 15. The average Bonchev–Trinajstić information content (AvgIpc) is 3.67. The van der Waals surface area contributed by atoms with Crippen molar-refractivity contribution in [2.24, 2.45) is 27.9 Å². The van der Waals surface area contributed by atoms with Crippen LogP contribution in [0.3, 0.4) is 0 Å². The Labute approximate surface area is 392 Å². The number of thiol groups is 2. The molecule has 0 fully saturated rings. The molecule has 0 spiro atoms. The van der Waals surface area contributed by atoms with E-state index in [-0.39, 0.29) is 43.9 Å². The largest absolute Gasteiger partial charge is 0.481 e. The number of carboxylic acid groups (broad SMARTS) is 3. The molecule has 0 aliphatic rings.